The molecule has 292 valence electrons. The van der Waals surface area contributed by atoms with Crippen LogP contribution in [0.2, 0.25) is 0 Å². The highest BCUT2D eigenvalue weighted by atomic mass is 32.1. The minimum absolute atomic E-state index is 0.0380. The molecule has 7 aromatic carbocycles. The van der Waals surface area contributed by atoms with E-state index in [2.05, 4.69) is 167 Å². The van der Waals surface area contributed by atoms with Gasteiger partial charge in [0.1, 0.15) is 5.82 Å². The molecule has 15 rings (SSSR count). The molecule has 4 aliphatic carbocycles. The summed E-state index contributed by atoms with van der Waals surface area (Å²) in [5.74, 6) is 4.95. The summed E-state index contributed by atoms with van der Waals surface area (Å²) >= 11 is 1.91. The number of hydrogen-bond donors (Lipinski definition) is 0. The van der Waals surface area contributed by atoms with Crippen molar-refractivity contribution in [2.45, 2.75) is 43.9 Å². The maximum absolute atomic E-state index is 5.52. The Morgan fingerprint density at radius 2 is 0.984 bits per heavy atom. The molecular formula is C55H41N5S. The first kappa shape index (κ1) is 34.1. The summed E-state index contributed by atoms with van der Waals surface area (Å²) in [5, 5.41) is 7.67. The Bertz CT molecular complexity index is 3540. The highest BCUT2D eigenvalue weighted by Gasteiger charge is 2.53. The Morgan fingerprint density at radius 1 is 0.459 bits per heavy atom. The highest BCUT2D eigenvalue weighted by Crippen LogP contribution is 2.60. The first-order chi connectivity index (χ1) is 30.2. The van der Waals surface area contributed by atoms with E-state index in [0.717, 1.165) is 52.0 Å². The lowest BCUT2D eigenvalue weighted by molar-refractivity contribution is -0.00938. The summed E-state index contributed by atoms with van der Waals surface area (Å²) in [4.78, 5) is 16.2. The maximum Gasteiger partial charge on any atom is 0.163 e. The SMILES string of the molecule is c1ccc(-c2nc(-c3cccc(-n4c5ccccc5c5c6c7ccccc7n(-c7ccccc7)c6c6sc7ccccc7c6c54)c3)nc(C34CC5CC(CC(C5)C3)C4)n2)cc1. The van der Waals surface area contributed by atoms with E-state index in [1.807, 2.05) is 11.3 Å². The molecule has 11 aromatic rings. The number of aromatic nitrogens is 5. The number of benzene rings is 7. The molecule has 0 spiro atoms. The van der Waals surface area contributed by atoms with Crippen molar-refractivity contribution < 1.29 is 0 Å². The van der Waals surface area contributed by atoms with E-state index in [1.54, 1.807) is 0 Å². The van der Waals surface area contributed by atoms with E-state index in [9.17, 15) is 0 Å². The molecular weight excluding hydrogens is 763 g/mol. The van der Waals surface area contributed by atoms with Crippen molar-refractivity contribution in [3.05, 3.63) is 164 Å². The van der Waals surface area contributed by atoms with Crippen molar-refractivity contribution >= 4 is 75.1 Å². The minimum Gasteiger partial charge on any atom is -0.309 e. The van der Waals surface area contributed by atoms with Crippen LogP contribution >= 0.6 is 11.3 Å². The Kier molecular flexibility index (Phi) is 7.10. The summed E-state index contributed by atoms with van der Waals surface area (Å²) in [6.07, 6.45) is 7.77. The van der Waals surface area contributed by atoms with Crippen LogP contribution in [0.4, 0.5) is 0 Å². The van der Waals surface area contributed by atoms with Crippen molar-refractivity contribution in [1.29, 1.82) is 0 Å². The zero-order chi connectivity index (χ0) is 39.8. The van der Waals surface area contributed by atoms with E-state index in [0.29, 0.717) is 0 Å². The third kappa shape index (κ3) is 4.91. The lowest BCUT2D eigenvalue weighted by atomic mass is 9.49. The highest BCUT2D eigenvalue weighted by molar-refractivity contribution is 7.27. The summed E-state index contributed by atoms with van der Waals surface area (Å²) in [7, 11) is 0. The van der Waals surface area contributed by atoms with Crippen LogP contribution in [0.25, 0.3) is 97.9 Å². The van der Waals surface area contributed by atoms with Gasteiger partial charge in [-0.1, -0.05) is 115 Å². The van der Waals surface area contributed by atoms with Gasteiger partial charge < -0.3 is 9.13 Å². The first-order valence-corrected chi connectivity index (χ1v) is 22.8. The first-order valence-electron chi connectivity index (χ1n) is 22.0. The summed E-state index contributed by atoms with van der Waals surface area (Å²) < 4.78 is 7.62. The van der Waals surface area contributed by atoms with E-state index in [-0.39, 0.29) is 5.41 Å². The minimum atomic E-state index is 0.0380. The van der Waals surface area contributed by atoms with Gasteiger partial charge in [0.25, 0.3) is 0 Å². The summed E-state index contributed by atoms with van der Waals surface area (Å²) in [6, 6.07) is 57.4. The largest absolute Gasteiger partial charge is 0.309 e. The fourth-order valence-electron chi connectivity index (χ4n) is 12.6. The van der Waals surface area contributed by atoms with Gasteiger partial charge in [0.05, 0.1) is 26.8 Å². The fraction of sp³-hybridized carbons (Fsp3) is 0.182. The van der Waals surface area contributed by atoms with Gasteiger partial charge in [-0.15, -0.1) is 11.3 Å². The second-order valence-electron chi connectivity index (χ2n) is 18.2. The number of fused-ring (bicyclic) bond motifs is 12. The lowest BCUT2D eigenvalue weighted by Crippen LogP contribution is -2.49. The molecule has 0 atom stereocenters. The number of nitrogens with zero attached hydrogens (tertiary/aromatic N) is 5. The van der Waals surface area contributed by atoms with Crippen LogP contribution < -0.4 is 0 Å². The van der Waals surface area contributed by atoms with Crippen LogP contribution in [0, 0.1) is 17.8 Å². The lowest BCUT2D eigenvalue weighted by Gasteiger charge is -2.56. The van der Waals surface area contributed by atoms with Gasteiger partial charge in [0.15, 0.2) is 11.6 Å². The topological polar surface area (TPSA) is 48.5 Å². The molecule has 5 nitrogen and oxygen atoms in total. The second-order valence-corrected chi connectivity index (χ2v) is 19.3. The van der Waals surface area contributed by atoms with E-state index in [1.165, 1.54) is 108 Å². The van der Waals surface area contributed by atoms with Crippen LogP contribution in [-0.4, -0.2) is 24.1 Å². The standard InChI is InChI=1S/C55H41N5S/c1-3-14-36(15-4-1)52-56-53(58-54(57-52)55-30-33-26-34(31-55)28-35(27-33)32-55)37-16-13-19-39(29-37)60-44-24-11-7-20-40(44)46-47-41-21-8-10-23-43(41)59(38-17-5-2-6-18-38)50(47)51-48(49(46)60)42-22-9-12-25-45(42)61-51/h1-25,29,33-35H,26-28,30-32H2. The molecule has 4 aromatic heterocycles. The van der Waals surface area contributed by atoms with Crippen molar-refractivity contribution in [3.63, 3.8) is 0 Å². The van der Waals surface area contributed by atoms with Gasteiger partial charge in [-0.2, -0.15) is 0 Å². The summed E-state index contributed by atoms with van der Waals surface area (Å²) in [5.41, 5.74) is 9.28. The zero-order valence-electron chi connectivity index (χ0n) is 33.6. The molecule has 4 fully saturated rings. The Labute approximate surface area is 357 Å². The predicted octanol–water partition coefficient (Wildman–Crippen LogP) is 14.2. The average molecular weight is 804 g/mol. The average Bonchev–Trinajstić information content (AvgIpc) is 3.97. The molecule has 4 heterocycles. The monoisotopic (exact) mass is 803 g/mol. The molecule has 4 aliphatic rings. The fourth-order valence-corrected chi connectivity index (χ4v) is 13.9. The predicted molar refractivity (Wildman–Crippen MR) is 252 cm³/mol. The smallest absolute Gasteiger partial charge is 0.163 e. The molecule has 0 N–H and O–H groups in total. The van der Waals surface area contributed by atoms with E-state index in [4.69, 9.17) is 15.0 Å². The normalized spacial score (nSPS) is 21.0. The second kappa shape index (κ2) is 12.7. The molecule has 0 radical (unpaired) electrons. The van der Waals surface area contributed by atoms with Gasteiger partial charge in [-0.3, -0.25) is 0 Å². The van der Waals surface area contributed by atoms with Crippen LogP contribution in [0.15, 0.2) is 158 Å². The van der Waals surface area contributed by atoms with Crippen LogP contribution in [0.5, 0.6) is 0 Å². The third-order valence-electron chi connectivity index (χ3n) is 14.6. The van der Waals surface area contributed by atoms with E-state index >= 15 is 0 Å². The number of hydrogen-bond acceptors (Lipinski definition) is 4. The van der Waals surface area contributed by atoms with Crippen molar-refractivity contribution in [3.8, 4) is 34.2 Å². The van der Waals surface area contributed by atoms with Crippen LogP contribution in [0.3, 0.4) is 0 Å². The molecule has 0 aliphatic heterocycles. The summed E-state index contributed by atoms with van der Waals surface area (Å²) in [6.45, 7) is 0. The molecule has 4 bridgehead atoms. The van der Waals surface area contributed by atoms with Gasteiger partial charge in [-0.05, 0) is 98.7 Å². The van der Waals surface area contributed by atoms with E-state index < -0.39 is 0 Å². The number of para-hydroxylation sites is 3. The van der Waals surface area contributed by atoms with Gasteiger partial charge in [0.2, 0.25) is 0 Å². The van der Waals surface area contributed by atoms with Crippen LogP contribution in [0.1, 0.15) is 44.3 Å². The zero-order valence-corrected chi connectivity index (χ0v) is 34.4. The van der Waals surface area contributed by atoms with Crippen molar-refractivity contribution in [2.24, 2.45) is 17.8 Å². The van der Waals surface area contributed by atoms with Crippen molar-refractivity contribution in [2.75, 3.05) is 0 Å². The van der Waals surface area contributed by atoms with Crippen LogP contribution in [-0.2, 0) is 5.41 Å². The molecule has 0 saturated heterocycles. The molecule has 0 unspecified atom stereocenters. The van der Waals surface area contributed by atoms with Gasteiger partial charge in [-0.25, -0.2) is 15.0 Å². The Morgan fingerprint density at radius 3 is 1.67 bits per heavy atom. The Hall–Kier alpha value is -6.63. The molecule has 61 heavy (non-hydrogen) atoms. The molecule has 4 saturated carbocycles. The van der Waals surface area contributed by atoms with Gasteiger partial charge in [0, 0.05) is 64.9 Å². The Balaban J connectivity index is 1.07. The number of rotatable bonds is 5. The molecule has 0 amide bonds. The number of thiophene rings is 1. The third-order valence-corrected chi connectivity index (χ3v) is 15.8. The van der Waals surface area contributed by atoms with Gasteiger partial charge >= 0.3 is 0 Å². The van der Waals surface area contributed by atoms with Crippen molar-refractivity contribution in [1.82, 2.24) is 24.1 Å². The molecule has 6 heteroatoms. The maximum atomic E-state index is 5.52. The quantitative estimate of drug-likeness (QED) is 0.174.